The van der Waals surface area contributed by atoms with Crippen LogP contribution in [-0.2, 0) is 6.42 Å². The SMILES string of the molecule is CC/C=C/c1c(-c2ccc(CCCCC)cc2)[nH]c(=O)c(C(=O)Nc2ccc(C)cc2)c1-c1ccc(C)cc1. The Morgan fingerprint density at radius 3 is 2.05 bits per heavy atom. The topological polar surface area (TPSA) is 62.0 Å². The summed E-state index contributed by atoms with van der Waals surface area (Å²) < 4.78 is 0. The summed E-state index contributed by atoms with van der Waals surface area (Å²) in [6.07, 6.45) is 9.53. The van der Waals surface area contributed by atoms with Crippen LogP contribution in [0, 0.1) is 13.8 Å². The van der Waals surface area contributed by atoms with E-state index in [4.69, 9.17) is 0 Å². The Balaban J connectivity index is 1.89. The molecule has 1 aromatic heterocycles. The minimum absolute atomic E-state index is 0.107. The van der Waals surface area contributed by atoms with Gasteiger partial charge < -0.3 is 10.3 Å². The van der Waals surface area contributed by atoms with Crippen LogP contribution in [0.25, 0.3) is 28.5 Å². The molecule has 39 heavy (non-hydrogen) atoms. The van der Waals surface area contributed by atoms with Crippen LogP contribution in [-0.4, -0.2) is 10.9 Å². The lowest BCUT2D eigenvalue weighted by atomic mass is 9.90. The number of aryl methyl sites for hydroxylation is 3. The van der Waals surface area contributed by atoms with Crippen LogP contribution in [0.5, 0.6) is 0 Å². The van der Waals surface area contributed by atoms with E-state index in [0.717, 1.165) is 40.7 Å². The van der Waals surface area contributed by atoms with Crippen molar-refractivity contribution in [3.8, 4) is 22.4 Å². The van der Waals surface area contributed by atoms with Gasteiger partial charge in [0, 0.05) is 16.8 Å². The van der Waals surface area contributed by atoms with E-state index in [1.807, 2.05) is 68.5 Å². The third kappa shape index (κ3) is 6.83. The van der Waals surface area contributed by atoms with Crippen molar-refractivity contribution in [2.45, 2.75) is 59.8 Å². The fraction of sp³-hybridized carbons (Fsp3) is 0.257. The maximum atomic E-state index is 13.7. The van der Waals surface area contributed by atoms with Gasteiger partial charge >= 0.3 is 0 Å². The molecule has 0 aliphatic heterocycles. The van der Waals surface area contributed by atoms with Crippen molar-refractivity contribution in [1.82, 2.24) is 4.98 Å². The zero-order chi connectivity index (χ0) is 27.8. The van der Waals surface area contributed by atoms with E-state index >= 15 is 0 Å². The number of H-pyrrole nitrogens is 1. The highest BCUT2D eigenvalue weighted by Gasteiger charge is 2.24. The second-order valence-electron chi connectivity index (χ2n) is 10.1. The van der Waals surface area contributed by atoms with Gasteiger partial charge in [-0.15, -0.1) is 0 Å². The maximum absolute atomic E-state index is 13.7. The van der Waals surface area contributed by atoms with Crippen LogP contribution in [0.15, 0.2) is 83.7 Å². The normalized spacial score (nSPS) is 11.2. The number of allylic oxidation sites excluding steroid dienone is 1. The summed E-state index contributed by atoms with van der Waals surface area (Å²) in [6.45, 7) is 8.30. The number of anilines is 1. The number of hydrogen-bond donors (Lipinski definition) is 2. The van der Waals surface area contributed by atoms with Gasteiger partial charge in [-0.25, -0.2) is 0 Å². The average molecular weight is 519 g/mol. The predicted octanol–water partition coefficient (Wildman–Crippen LogP) is 8.73. The molecular weight excluding hydrogens is 480 g/mol. The first-order valence-corrected chi connectivity index (χ1v) is 13.9. The molecule has 0 radical (unpaired) electrons. The van der Waals surface area contributed by atoms with E-state index in [2.05, 4.69) is 54.5 Å². The molecule has 1 amide bonds. The van der Waals surface area contributed by atoms with Crippen molar-refractivity contribution in [1.29, 1.82) is 0 Å². The van der Waals surface area contributed by atoms with E-state index < -0.39 is 11.5 Å². The van der Waals surface area contributed by atoms with E-state index in [9.17, 15) is 9.59 Å². The second kappa shape index (κ2) is 13.1. The Hall–Kier alpha value is -4.18. The fourth-order valence-corrected chi connectivity index (χ4v) is 4.73. The summed E-state index contributed by atoms with van der Waals surface area (Å²) >= 11 is 0. The molecule has 0 spiro atoms. The maximum Gasteiger partial charge on any atom is 0.261 e. The molecule has 2 N–H and O–H groups in total. The van der Waals surface area contributed by atoms with Gasteiger partial charge in [0.05, 0.1) is 5.69 Å². The Kier molecular flexibility index (Phi) is 9.32. The molecule has 0 aliphatic carbocycles. The Morgan fingerprint density at radius 2 is 1.44 bits per heavy atom. The first kappa shape index (κ1) is 27.8. The summed E-state index contributed by atoms with van der Waals surface area (Å²) in [5.41, 5.74) is 7.75. The summed E-state index contributed by atoms with van der Waals surface area (Å²) in [5, 5.41) is 2.94. The van der Waals surface area contributed by atoms with Crippen LogP contribution in [0.1, 0.15) is 72.1 Å². The van der Waals surface area contributed by atoms with Gasteiger partial charge in [-0.05, 0) is 61.9 Å². The number of nitrogens with one attached hydrogen (secondary N) is 2. The molecular formula is C35H38N2O2. The highest BCUT2D eigenvalue weighted by atomic mass is 16.2. The van der Waals surface area contributed by atoms with Gasteiger partial charge in [-0.1, -0.05) is 111 Å². The molecule has 4 aromatic rings. The van der Waals surface area contributed by atoms with Crippen molar-refractivity contribution in [2.24, 2.45) is 0 Å². The largest absolute Gasteiger partial charge is 0.322 e. The van der Waals surface area contributed by atoms with Crippen LogP contribution >= 0.6 is 0 Å². The minimum Gasteiger partial charge on any atom is -0.322 e. The van der Waals surface area contributed by atoms with Crippen molar-refractivity contribution in [2.75, 3.05) is 5.32 Å². The van der Waals surface area contributed by atoms with Crippen molar-refractivity contribution in [3.05, 3.63) is 117 Å². The number of pyridine rings is 1. The summed E-state index contributed by atoms with van der Waals surface area (Å²) in [4.78, 5) is 30.4. The van der Waals surface area contributed by atoms with E-state index in [1.54, 1.807) is 0 Å². The van der Waals surface area contributed by atoms with E-state index in [0.29, 0.717) is 16.9 Å². The smallest absolute Gasteiger partial charge is 0.261 e. The Bertz CT molecular complexity index is 1490. The number of benzene rings is 3. The molecule has 4 heteroatoms. The standard InChI is InChI=1S/C35H38N2O2/c1-5-7-9-10-26-16-20-28(21-17-26)33-30(11-8-6-2)31(27-18-12-24(3)13-19-27)32(35(39)37-33)34(38)36-29-22-14-25(4)15-23-29/h8,11-23H,5-7,9-10H2,1-4H3,(H,36,38)(H,37,39)/b11-8+. The highest BCUT2D eigenvalue weighted by Crippen LogP contribution is 2.34. The molecule has 200 valence electrons. The molecule has 1 heterocycles. The van der Waals surface area contributed by atoms with Gasteiger partial charge in [-0.2, -0.15) is 0 Å². The number of carbonyl (C=O) groups is 1. The lowest BCUT2D eigenvalue weighted by Gasteiger charge is -2.18. The molecule has 0 saturated carbocycles. The lowest BCUT2D eigenvalue weighted by Crippen LogP contribution is -2.26. The third-order valence-corrected chi connectivity index (χ3v) is 6.96. The average Bonchev–Trinajstić information content (AvgIpc) is 2.94. The lowest BCUT2D eigenvalue weighted by molar-refractivity contribution is 0.102. The van der Waals surface area contributed by atoms with E-state index in [-0.39, 0.29) is 5.56 Å². The first-order valence-electron chi connectivity index (χ1n) is 13.9. The minimum atomic E-state index is -0.431. The van der Waals surface area contributed by atoms with Crippen molar-refractivity contribution in [3.63, 3.8) is 0 Å². The number of carbonyl (C=O) groups excluding carboxylic acids is 1. The summed E-state index contributed by atoms with van der Waals surface area (Å²) in [6, 6.07) is 24.0. The number of rotatable bonds is 10. The number of aromatic amines is 1. The Morgan fingerprint density at radius 1 is 0.821 bits per heavy atom. The predicted molar refractivity (Wildman–Crippen MR) is 164 cm³/mol. The number of aromatic nitrogens is 1. The molecule has 0 bridgehead atoms. The molecule has 0 saturated heterocycles. The van der Waals surface area contributed by atoms with Crippen molar-refractivity contribution < 1.29 is 4.79 Å². The van der Waals surface area contributed by atoms with Crippen LogP contribution in [0.2, 0.25) is 0 Å². The quantitative estimate of drug-likeness (QED) is 0.206. The van der Waals surface area contributed by atoms with Crippen molar-refractivity contribution >= 4 is 17.7 Å². The molecule has 3 aromatic carbocycles. The number of amides is 1. The zero-order valence-corrected chi connectivity index (χ0v) is 23.4. The second-order valence-corrected chi connectivity index (χ2v) is 10.1. The van der Waals surface area contributed by atoms with Gasteiger partial charge in [0.2, 0.25) is 0 Å². The van der Waals surface area contributed by atoms with Gasteiger partial charge in [0.25, 0.3) is 11.5 Å². The number of unbranched alkanes of at least 4 members (excludes halogenated alkanes) is 2. The molecule has 0 unspecified atom stereocenters. The molecule has 0 atom stereocenters. The van der Waals surface area contributed by atoms with Crippen LogP contribution in [0.3, 0.4) is 0 Å². The molecule has 0 fully saturated rings. The summed E-state index contributed by atoms with van der Waals surface area (Å²) in [5.74, 6) is -0.431. The van der Waals surface area contributed by atoms with Crippen LogP contribution in [0.4, 0.5) is 5.69 Å². The fourth-order valence-electron chi connectivity index (χ4n) is 4.73. The monoisotopic (exact) mass is 518 g/mol. The summed E-state index contributed by atoms with van der Waals surface area (Å²) in [7, 11) is 0. The van der Waals surface area contributed by atoms with Gasteiger partial charge in [0.1, 0.15) is 5.56 Å². The molecule has 4 rings (SSSR count). The van der Waals surface area contributed by atoms with Gasteiger partial charge in [-0.3, -0.25) is 9.59 Å². The van der Waals surface area contributed by atoms with E-state index in [1.165, 1.54) is 24.8 Å². The zero-order valence-electron chi connectivity index (χ0n) is 23.4. The molecule has 0 aliphatic rings. The van der Waals surface area contributed by atoms with Gasteiger partial charge in [0.15, 0.2) is 0 Å². The Labute approximate surface area is 231 Å². The molecule has 4 nitrogen and oxygen atoms in total. The van der Waals surface area contributed by atoms with Crippen LogP contribution < -0.4 is 10.9 Å². The third-order valence-electron chi connectivity index (χ3n) is 6.96. The number of hydrogen-bond acceptors (Lipinski definition) is 2. The first-order chi connectivity index (χ1) is 18.9. The highest BCUT2D eigenvalue weighted by molar-refractivity contribution is 6.10.